The molecule has 1 aromatic carbocycles. The van der Waals surface area contributed by atoms with E-state index in [0.717, 1.165) is 22.0 Å². The molecule has 2 rings (SSSR count). The Kier molecular flexibility index (Phi) is 5.44. The summed E-state index contributed by atoms with van der Waals surface area (Å²) in [6.45, 7) is 4.77. The second kappa shape index (κ2) is 6.90. The maximum atomic E-state index is 13.9. The van der Waals surface area contributed by atoms with Crippen molar-refractivity contribution in [2.24, 2.45) is 0 Å². The summed E-state index contributed by atoms with van der Waals surface area (Å²) in [4.78, 5) is 1.03. The molecule has 1 N–H and O–H groups in total. The van der Waals surface area contributed by atoms with E-state index in [9.17, 15) is 4.39 Å². The second-order valence-electron chi connectivity index (χ2n) is 4.61. The molecule has 0 spiro atoms. The van der Waals surface area contributed by atoms with Crippen LogP contribution in [0.15, 0.2) is 23.6 Å². The highest BCUT2D eigenvalue weighted by molar-refractivity contribution is 7.10. The molecule has 0 amide bonds. The fraction of sp³-hybridized carbons (Fsp3) is 0.333. The molecule has 0 aliphatic heterocycles. The van der Waals surface area contributed by atoms with E-state index >= 15 is 0 Å². The van der Waals surface area contributed by atoms with Gasteiger partial charge in [-0.2, -0.15) is 0 Å². The largest absolute Gasteiger partial charge is 0.309 e. The van der Waals surface area contributed by atoms with Gasteiger partial charge in [0.05, 0.1) is 5.02 Å². The highest BCUT2D eigenvalue weighted by Crippen LogP contribution is 2.35. The molecule has 1 atom stereocenters. The van der Waals surface area contributed by atoms with Crippen LogP contribution in [0.2, 0.25) is 10.0 Å². The van der Waals surface area contributed by atoms with Gasteiger partial charge in [0, 0.05) is 21.5 Å². The van der Waals surface area contributed by atoms with Crippen molar-refractivity contribution in [3.8, 4) is 0 Å². The molecule has 5 heteroatoms. The summed E-state index contributed by atoms with van der Waals surface area (Å²) in [7, 11) is 0. The summed E-state index contributed by atoms with van der Waals surface area (Å²) in [5.74, 6) is -0.273. The summed E-state index contributed by atoms with van der Waals surface area (Å²) < 4.78 is 13.9. The van der Waals surface area contributed by atoms with Crippen LogP contribution in [0.25, 0.3) is 0 Å². The number of nitrogens with one attached hydrogen (secondary N) is 1. The Labute approximate surface area is 132 Å². The van der Waals surface area contributed by atoms with Gasteiger partial charge < -0.3 is 5.32 Å². The Bertz CT molecular complexity index is 577. The van der Waals surface area contributed by atoms with E-state index in [-0.39, 0.29) is 11.9 Å². The summed E-state index contributed by atoms with van der Waals surface area (Å²) >= 11 is 14.0. The van der Waals surface area contributed by atoms with Crippen molar-refractivity contribution in [2.45, 2.75) is 26.3 Å². The summed E-state index contributed by atoms with van der Waals surface area (Å²) in [6.07, 6.45) is 0.485. The zero-order valence-electron chi connectivity index (χ0n) is 11.3. The smallest absolute Gasteiger partial charge is 0.127 e. The van der Waals surface area contributed by atoms with E-state index in [4.69, 9.17) is 23.2 Å². The van der Waals surface area contributed by atoms with Crippen molar-refractivity contribution < 1.29 is 4.39 Å². The lowest BCUT2D eigenvalue weighted by Crippen LogP contribution is -2.23. The molecule has 20 heavy (non-hydrogen) atoms. The molecule has 0 saturated heterocycles. The molecular formula is C15H16Cl2FNS. The fourth-order valence-corrected chi connectivity index (χ4v) is 3.76. The zero-order valence-corrected chi connectivity index (χ0v) is 13.7. The second-order valence-corrected chi connectivity index (χ2v) is 6.31. The van der Waals surface area contributed by atoms with Crippen LogP contribution in [0.4, 0.5) is 4.39 Å². The average Bonchev–Trinajstić information content (AvgIpc) is 2.73. The van der Waals surface area contributed by atoms with Gasteiger partial charge in [-0.05, 0) is 43.0 Å². The van der Waals surface area contributed by atoms with E-state index in [1.807, 2.05) is 19.2 Å². The van der Waals surface area contributed by atoms with E-state index in [2.05, 4.69) is 5.32 Å². The van der Waals surface area contributed by atoms with Gasteiger partial charge in [0.25, 0.3) is 0 Å². The van der Waals surface area contributed by atoms with Crippen LogP contribution < -0.4 is 5.32 Å². The number of benzene rings is 1. The lowest BCUT2D eigenvalue weighted by atomic mass is 10.0. The lowest BCUT2D eigenvalue weighted by Gasteiger charge is -2.18. The summed E-state index contributed by atoms with van der Waals surface area (Å²) in [5, 5.41) is 6.59. The molecule has 1 aromatic heterocycles. The highest BCUT2D eigenvalue weighted by atomic mass is 35.5. The van der Waals surface area contributed by atoms with Gasteiger partial charge in [0.1, 0.15) is 5.82 Å². The monoisotopic (exact) mass is 331 g/mol. The number of halogens is 3. The summed E-state index contributed by atoms with van der Waals surface area (Å²) in [5.41, 5.74) is 1.58. The first-order chi connectivity index (χ1) is 9.54. The molecule has 0 aliphatic carbocycles. The average molecular weight is 332 g/mol. The first kappa shape index (κ1) is 15.8. The van der Waals surface area contributed by atoms with Crippen LogP contribution in [0, 0.1) is 12.7 Å². The molecule has 0 fully saturated rings. The molecule has 2 aromatic rings. The quantitative estimate of drug-likeness (QED) is 0.773. The minimum atomic E-state index is -0.273. The first-order valence-electron chi connectivity index (χ1n) is 6.44. The van der Waals surface area contributed by atoms with Crippen LogP contribution in [0.3, 0.4) is 0 Å². The van der Waals surface area contributed by atoms with Gasteiger partial charge in [-0.15, -0.1) is 11.3 Å². The Hall–Kier alpha value is -0.610. The van der Waals surface area contributed by atoms with Gasteiger partial charge in [0.15, 0.2) is 0 Å². The number of hydrogen-bond donors (Lipinski definition) is 1. The highest BCUT2D eigenvalue weighted by Gasteiger charge is 2.20. The maximum absolute atomic E-state index is 13.9. The van der Waals surface area contributed by atoms with Crippen LogP contribution in [0.5, 0.6) is 0 Å². The Morgan fingerprint density at radius 1 is 1.35 bits per heavy atom. The zero-order chi connectivity index (χ0) is 14.7. The van der Waals surface area contributed by atoms with Crippen LogP contribution in [-0.2, 0) is 6.42 Å². The Morgan fingerprint density at radius 3 is 2.65 bits per heavy atom. The third kappa shape index (κ3) is 3.34. The third-order valence-electron chi connectivity index (χ3n) is 3.16. The van der Waals surface area contributed by atoms with Crippen molar-refractivity contribution in [1.82, 2.24) is 5.32 Å². The van der Waals surface area contributed by atoms with E-state index < -0.39 is 0 Å². The molecule has 1 heterocycles. The topological polar surface area (TPSA) is 12.0 Å². The third-order valence-corrected chi connectivity index (χ3v) is 5.34. The van der Waals surface area contributed by atoms with Gasteiger partial charge in [-0.25, -0.2) is 4.39 Å². The van der Waals surface area contributed by atoms with E-state index in [1.165, 1.54) is 6.07 Å². The fourth-order valence-electron chi connectivity index (χ4n) is 2.12. The number of aryl methyl sites for hydroxylation is 1. The van der Waals surface area contributed by atoms with Crippen LogP contribution in [-0.4, -0.2) is 6.54 Å². The Morgan fingerprint density at radius 2 is 2.10 bits per heavy atom. The lowest BCUT2D eigenvalue weighted by molar-refractivity contribution is 0.534. The van der Waals surface area contributed by atoms with Gasteiger partial charge in [-0.1, -0.05) is 36.2 Å². The van der Waals surface area contributed by atoms with Crippen LogP contribution in [0.1, 0.15) is 29.0 Å². The minimum absolute atomic E-state index is 0.0272. The van der Waals surface area contributed by atoms with Crippen molar-refractivity contribution in [1.29, 1.82) is 0 Å². The molecular weight excluding hydrogens is 316 g/mol. The molecule has 1 nitrogen and oxygen atoms in total. The minimum Gasteiger partial charge on any atom is -0.309 e. The normalized spacial score (nSPS) is 12.7. The maximum Gasteiger partial charge on any atom is 0.127 e. The number of rotatable bonds is 5. The predicted octanol–water partition coefficient (Wildman–Crippen LogP) is 5.40. The molecule has 0 saturated carbocycles. The first-order valence-corrected chi connectivity index (χ1v) is 8.07. The van der Waals surface area contributed by atoms with Gasteiger partial charge in [-0.3, -0.25) is 0 Å². The molecule has 0 bridgehead atoms. The van der Waals surface area contributed by atoms with Gasteiger partial charge in [0.2, 0.25) is 0 Å². The molecule has 0 radical (unpaired) electrons. The van der Waals surface area contributed by atoms with E-state index in [0.29, 0.717) is 17.0 Å². The molecule has 0 aliphatic rings. The molecule has 108 valence electrons. The van der Waals surface area contributed by atoms with Crippen molar-refractivity contribution in [2.75, 3.05) is 6.54 Å². The van der Waals surface area contributed by atoms with Crippen LogP contribution >= 0.6 is 34.5 Å². The van der Waals surface area contributed by atoms with E-state index in [1.54, 1.807) is 23.5 Å². The van der Waals surface area contributed by atoms with Crippen molar-refractivity contribution in [3.05, 3.63) is 55.4 Å². The molecule has 1 unspecified atom stereocenters. The standard InChI is InChI=1S/C15H16Cl2FNS/c1-3-19-13(15-14(17)9(2)8-20-15)7-10-11(16)5-4-6-12(10)18/h4-6,8,13,19H,3,7H2,1-2H3. The van der Waals surface area contributed by atoms with Crippen molar-refractivity contribution >= 4 is 34.5 Å². The number of thiophene rings is 1. The Balaban J connectivity index is 2.33. The van der Waals surface area contributed by atoms with Crippen molar-refractivity contribution in [3.63, 3.8) is 0 Å². The number of hydrogen-bond acceptors (Lipinski definition) is 2. The SMILES string of the molecule is CCNC(Cc1c(F)cccc1Cl)c1scc(C)c1Cl. The number of likely N-dealkylation sites (N-methyl/N-ethyl adjacent to an activating group) is 1. The summed E-state index contributed by atoms with van der Waals surface area (Å²) in [6, 6.07) is 4.74. The predicted molar refractivity (Wildman–Crippen MR) is 85.6 cm³/mol. The van der Waals surface area contributed by atoms with Gasteiger partial charge >= 0.3 is 0 Å².